The third-order valence-electron chi connectivity index (χ3n) is 7.22. The summed E-state index contributed by atoms with van der Waals surface area (Å²) < 4.78 is 0. The second-order valence-corrected chi connectivity index (χ2v) is 10.5. The van der Waals surface area contributed by atoms with Gasteiger partial charge in [0.25, 0.3) is 0 Å². The fourth-order valence-electron chi connectivity index (χ4n) is 4.79. The normalized spacial score (nSPS) is 10.9. The Morgan fingerprint density at radius 1 is 0.628 bits per heavy atom. The van der Waals surface area contributed by atoms with E-state index in [4.69, 9.17) is 6.57 Å². The fraction of sp³-hybridized carbons (Fsp3) is 0.0769. The smallest absolute Gasteiger partial charge is 0.194 e. The van der Waals surface area contributed by atoms with Crippen molar-refractivity contribution in [2.45, 2.75) is 6.92 Å². The SMILES string of the molecule is [C-]#[N+]c1cc(/C=C\c2ccc(C)cc2)c(C#N)cc1/C=C\c1ccc(N(c2ccccc2)c2ccc(N(C)C)cc2)cc1. The highest BCUT2D eigenvalue weighted by Crippen LogP contribution is 2.35. The third kappa shape index (κ3) is 6.91. The minimum atomic E-state index is 0.506. The van der Waals surface area contributed by atoms with E-state index in [-0.39, 0.29) is 0 Å². The Balaban J connectivity index is 1.41. The lowest BCUT2D eigenvalue weighted by Crippen LogP contribution is -2.11. The summed E-state index contributed by atoms with van der Waals surface area (Å²) in [7, 11) is 4.08. The molecule has 208 valence electrons. The molecule has 0 amide bonds. The molecule has 0 aliphatic heterocycles. The van der Waals surface area contributed by atoms with Crippen molar-refractivity contribution in [2.75, 3.05) is 23.9 Å². The molecule has 0 unspecified atom stereocenters. The van der Waals surface area contributed by atoms with Gasteiger partial charge in [0.2, 0.25) is 0 Å². The van der Waals surface area contributed by atoms with Gasteiger partial charge in [-0.1, -0.05) is 84.5 Å². The van der Waals surface area contributed by atoms with Crippen LogP contribution >= 0.6 is 0 Å². The predicted octanol–water partition coefficient (Wildman–Crippen LogP) is 10.3. The van der Waals surface area contributed by atoms with Crippen LogP contribution in [-0.4, -0.2) is 14.1 Å². The molecule has 5 aromatic carbocycles. The summed E-state index contributed by atoms with van der Waals surface area (Å²) in [6, 6.07) is 41.2. The molecular weight excluding hydrogens is 524 g/mol. The molecule has 0 radical (unpaired) electrons. The molecule has 0 aromatic heterocycles. The first-order chi connectivity index (χ1) is 20.9. The van der Waals surface area contributed by atoms with E-state index < -0.39 is 0 Å². The minimum Gasteiger partial charge on any atom is -0.378 e. The molecule has 0 bridgehead atoms. The van der Waals surface area contributed by atoms with E-state index in [0.717, 1.165) is 45.0 Å². The quantitative estimate of drug-likeness (QED) is 0.141. The zero-order valence-electron chi connectivity index (χ0n) is 24.6. The van der Waals surface area contributed by atoms with Crippen LogP contribution in [0, 0.1) is 24.8 Å². The number of para-hydroxylation sites is 1. The number of hydrogen-bond donors (Lipinski definition) is 0. The van der Waals surface area contributed by atoms with E-state index in [9.17, 15) is 5.26 Å². The first kappa shape index (κ1) is 28.7. The number of hydrogen-bond acceptors (Lipinski definition) is 3. The maximum Gasteiger partial charge on any atom is 0.194 e. The molecule has 0 aliphatic rings. The van der Waals surface area contributed by atoms with Gasteiger partial charge in [-0.25, -0.2) is 4.85 Å². The molecule has 0 fully saturated rings. The lowest BCUT2D eigenvalue weighted by Gasteiger charge is -2.26. The molecule has 4 heteroatoms. The van der Waals surface area contributed by atoms with Crippen molar-refractivity contribution < 1.29 is 0 Å². The maximum absolute atomic E-state index is 9.85. The molecule has 5 aromatic rings. The predicted molar refractivity (Wildman–Crippen MR) is 182 cm³/mol. The van der Waals surface area contributed by atoms with Gasteiger partial charge in [-0.05, 0) is 89.8 Å². The van der Waals surface area contributed by atoms with Gasteiger partial charge in [-0.15, -0.1) is 0 Å². The summed E-state index contributed by atoms with van der Waals surface area (Å²) in [5.74, 6) is 0. The molecular formula is C39H32N4. The molecule has 0 spiro atoms. The van der Waals surface area contributed by atoms with Gasteiger partial charge in [0.05, 0.1) is 18.2 Å². The van der Waals surface area contributed by atoms with Crippen LogP contribution in [0.5, 0.6) is 0 Å². The van der Waals surface area contributed by atoms with Crippen LogP contribution in [-0.2, 0) is 0 Å². The van der Waals surface area contributed by atoms with Crippen LogP contribution < -0.4 is 9.80 Å². The Morgan fingerprint density at radius 2 is 1.14 bits per heavy atom. The van der Waals surface area contributed by atoms with Crippen LogP contribution in [0.1, 0.15) is 33.4 Å². The summed E-state index contributed by atoms with van der Waals surface area (Å²) in [6.45, 7) is 9.81. The van der Waals surface area contributed by atoms with Gasteiger partial charge in [0, 0.05) is 36.8 Å². The van der Waals surface area contributed by atoms with Gasteiger partial charge in [0.1, 0.15) is 0 Å². The van der Waals surface area contributed by atoms with Crippen molar-refractivity contribution >= 4 is 52.7 Å². The van der Waals surface area contributed by atoms with E-state index in [0.29, 0.717) is 11.3 Å². The number of aryl methyl sites for hydroxylation is 1. The fourth-order valence-corrected chi connectivity index (χ4v) is 4.79. The number of benzene rings is 5. The Kier molecular flexibility index (Phi) is 8.81. The lowest BCUT2D eigenvalue weighted by molar-refractivity contribution is 1.13. The first-order valence-electron chi connectivity index (χ1n) is 14.1. The van der Waals surface area contributed by atoms with Crippen LogP contribution in [0.25, 0.3) is 29.1 Å². The Bertz CT molecular complexity index is 1830. The summed E-state index contributed by atoms with van der Waals surface area (Å²) in [4.78, 5) is 8.07. The van der Waals surface area contributed by atoms with E-state index in [2.05, 4.69) is 100 Å². The van der Waals surface area contributed by atoms with Crippen molar-refractivity contribution in [1.29, 1.82) is 5.26 Å². The summed E-state index contributed by atoms with van der Waals surface area (Å²) in [5.41, 5.74) is 10.1. The minimum absolute atomic E-state index is 0.506. The zero-order chi connectivity index (χ0) is 30.2. The average Bonchev–Trinajstić information content (AvgIpc) is 3.05. The van der Waals surface area contributed by atoms with E-state index >= 15 is 0 Å². The van der Waals surface area contributed by atoms with Crippen LogP contribution in [0.3, 0.4) is 0 Å². The molecule has 0 heterocycles. The van der Waals surface area contributed by atoms with Crippen LogP contribution in [0.15, 0.2) is 115 Å². The molecule has 0 saturated heterocycles. The highest BCUT2D eigenvalue weighted by Gasteiger charge is 2.12. The van der Waals surface area contributed by atoms with Gasteiger partial charge < -0.3 is 9.80 Å². The second-order valence-electron chi connectivity index (χ2n) is 10.5. The first-order valence-corrected chi connectivity index (χ1v) is 14.1. The van der Waals surface area contributed by atoms with Crippen molar-refractivity contribution in [1.82, 2.24) is 0 Å². The molecule has 43 heavy (non-hydrogen) atoms. The monoisotopic (exact) mass is 556 g/mol. The number of nitriles is 1. The highest BCUT2D eigenvalue weighted by molar-refractivity contribution is 5.83. The molecule has 0 saturated carbocycles. The maximum atomic E-state index is 9.85. The molecule has 0 N–H and O–H groups in total. The number of anilines is 4. The lowest BCUT2D eigenvalue weighted by atomic mass is 10.0. The van der Waals surface area contributed by atoms with Gasteiger partial charge in [-0.3, -0.25) is 0 Å². The number of nitrogens with zero attached hydrogens (tertiary/aromatic N) is 4. The highest BCUT2D eigenvalue weighted by atomic mass is 15.1. The molecule has 5 rings (SSSR count). The third-order valence-corrected chi connectivity index (χ3v) is 7.22. The van der Waals surface area contributed by atoms with E-state index in [1.165, 1.54) is 5.56 Å². The zero-order valence-corrected chi connectivity index (χ0v) is 24.6. The van der Waals surface area contributed by atoms with Crippen molar-refractivity contribution in [3.05, 3.63) is 160 Å². The topological polar surface area (TPSA) is 34.6 Å². The van der Waals surface area contributed by atoms with Gasteiger partial charge in [0.15, 0.2) is 5.69 Å². The van der Waals surface area contributed by atoms with Crippen LogP contribution in [0.2, 0.25) is 0 Å². The molecule has 4 nitrogen and oxygen atoms in total. The van der Waals surface area contributed by atoms with Gasteiger partial charge in [-0.2, -0.15) is 5.26 Å². The summed E-state index contributed by atoms with van der Waals surface area (Å²) >= 11 is 0. The van der Waals surface area contributed by atoms with Gasteiger partial charge >= 0.3 is 0 Å². The summed E-state index contributed by atoms with van der Waals surface area (Å²) in [6.07, 6.45) is 7.76. The Morgan fingerprint density at radius 3 is 1.70 bits per heavy atom. The standard InChI is InChI=1S/C39H32N4/c1-29-10-12-30(13-11-29)14-18-32-27-39(41-2)33(26-34(32)28-40)19-15-31-16-20-37(21-17-31)43(36-8-6-5-7-9-36)38-24-22-35(23-25-38)42(3)4/h5-27H,1,3-4H3/b18-14-,19-15-. The van der Waals surface area contributed by atoms with Crippen molar-refractivity contribution in [3.63, 3.8) is 0 Å². The van der Waals surface area contributed by atoms with Crippen LogP contribution in [0.4, 0.5) is 28.4 Å². The molecule has 0 atom stereocenters. The summed E-state index contributed by atoms with van der Waals surface area (Å²) in [5, 5.41) is 9.85. The average molecular weight is 557 g/mol. The molecule has 0 aliphatic carbocycles. The number of rotatable bonds is 8. The van der Waals surface area contributed by atoms with Crippen molar-refractivity contribution in [3.8, 4) is 6.07 Å². The largest absolute Gasteiger partial charge is 0.378 e. The Labute approximate surface area is 254 Å². The van der Waals surface area contributed by atoms with E-state index in [1.807, 2.05) is 68.7 Å². The second kappa shape index (κ2) is 13.2. The van der Waals surface area contributed by atoms with E-state index in [1.54, 1.807) is 12.1 Å². The Hall–Kier alpha value is -5.84. The van der Waals surface area contributed by atoms with Crippen molar-refractivity contribution in [2.24, 2.45) is 0 Å².